The van der Waals surface area contributed by atoms with Crippen LogP contribution >= 0.6 is 0 Å². The Bertz CT molecular complexity index is 609. The summed E-state index contributed by atoms with van der Waals surface area (Å²) >= 11 is 0. The maximum absolute atomic E-state index is 12.4. The topological polar surface area (TPSA) is 53.4 Å². The summed E-state index contributed by atoms with van der Waals surface area (Å²) in [6, 6.07) is 9.96. The van der Waals surface area contributed by atoms with Crippen LogP contribution in [-0.4, -0.2) is 34.8 Å². The predicted octanol–water partition coefficient (Wildman–Crippen LogP) is 3.07. The normalized spacial score (nSPS) is 15.1. The van der Waals surface area contributed by atoms with E-state index in [1.165, 1.54) is 6.20 Å². The molecule has 0 unspecified atom stereocenters. The average Bonchev–Trinajstić information content (AvgIpc) is 3.03. The first-order chi connectivity index (χ1) is 10.5. The number of imidazole rings is 1. The van der Waals surface area contributed by atoms with Gasteiger partial charge in [0.1, 0.15) is 11.8 Å². The van der Waals surface area contributed by atoms with Gasteiger partial charge >= 0.3 is 5.97 Å². The summed E-state index contributed by atoms with van der Waals surface area (Å²) in [5.41, 5.74) is 1.54. The minimum absolute atomic E-state index is 0.00130. The molecule has 1 heterocycles. The monoisotopic (exact) mass is 302 g/mol. The number of carbonyl (C=O) groups excluding carboxylic acids is 1. The molecule has 1 aromatic carbocycles. The molecule has 118 valence electrons. The van der Waals surface area contributed by atoms with Crippen LogP contribution in [-0.2, 0) is 9.47 Å². The lowest BCUT2D eigenvalue weighted by atomic mass is 10.1. The minimum atomic E-state index is -0.392. The van der Waals surface area contributed by atoms with Crippen molar-refractivity contribution in [1.82, 2.24) is 9.55 Å². The molecule has 0 saturated heterocycles. The van der Waals surface area contributed by atoms with Crippen molar-refractivity contribution in [3.05, 3.63) is 54.1 Å². The van der Waals surface area contributed by atoms with E-state index in [0.717, 1.165) is 5.56 Å². The summed E-state index contributed by atoms with van der Waals surface area (Å²) in [4.78, 5) is 16.4. The molecule has 0 bridgehead atoms. The van der Waals surface area contributed by atoms with Crippen LogP contribution in [0.3, 0.4) is 0 Å². The number of esters is 1. The van der Waals surface area contributed by atoms with Crippen LogP contribution in [0.2, 0.25) is 0 Å². The van der Waals surface area contributed by atoms with E-state index in [2.05, 4.69) is 4.98 Å². The molecule has 0 aliphatic rings. The maximum atomic E-state index is 12.4. The first-order valence-electron chi connectivity index (χ1n) is 7.35. The Labute approximate surface area is 130 Å². The summed E-state index contributed by atoms with van der Waals surface area (Å²) < 4.78 is 12.4. The lowest BCUT2D eigenvalue weighted by Gasteiger charge is -2.20. The van der Waals surface area contributed by atoms with Gasteiger partial charge in [0.25, 0.3) is 0 Å². The van der Waals surface area contributed by atoms with Crippen molar-refractivity contribution in [2.24, 2.45) is 0 Å². The molecule has 2 rings (SSSR count). The van der Waals surface area contributed by atoms with Gasteiger partial charge in [0.2, 0.25) is 0 Å². The average molecular weight is 302 g/mol. The van der Waals surface area contributed by atoms with Gasteiger partial charge in [-0.3, -0.25) is 0 Å². The highest BCUT2D eigenvalue weighted by atomic mass is 16.6. The zero-order chi connectivity index (χ0) is 16.1. The van der Waals surface area contributed by atoms with E-state index < -0.39 is 5.97 Å². The van der Waals surface area contributed by atoms with Gasteiger partial charge in [-0.05, 0) is 26.3 Å². The second-order valence-corrected chi connectivity index (χ2v) is 5.32. The predicted molar refractivity (Wildman–Crippen MR) is 83.8 cm³/mol. The Balaban J connectivity index is 2.17. The maximum Gasteiger partial charge on any atom is 0.356 e. The highest BCUT2D eigenvalue weighted by Crippen LogP contribution is 2.20. The first-order valence-corrected chi connectivity index (χ1v) is 7.35. The van der Waals surface area contributed by atoms with Crippen molar-refractivity contribution in [3.63, 3.8) is 0 Å². The first kappa shape index (κ1) is 16.2. The van der Waals surface area contributed by atoms with Crippen LogP contribution in [0.1, 0.15) is 42.9 Å². The number of hydrogen-bond donors (Lipinski definition) is 0. The van der Waals surface area contributed by atoms with Crippen molar-refractivity contribution in [2.45, 2.75) is 39.0 Å². The standard InChI is InChI=1S/C17H22N2O3/c1-12(15-8-6-5-7-9-15)19-11-18-10-16(19)17(20)22-14(3)13(2)21-4/h5-14H,1-4H3/t12-,13-,14-/m1/s1. The van der Waals surface area contributed by atoms with Gasteiger partial charge in [-0.2, -0.15) is 0 Å². The number of benzene rings is 1. The van der Waals surface area contributed by atoms with Crippen LogP contribution in [0.15, 0.2) is 42.9 Å². The van der Waals surface area contributed by atoms with E-state index in [9.17, 15) is 4.79 Å². The van der Waals surface area contributed by atoms with E-state index in [1.54, 1.807) is 13.4 Å². The Morgan fingerprint density at radius 1 is 1.14 bits per heavy atom. The molecule has 0 spiro atoms. The molecular weight excluding hydrogens is 280 g/mol. The van der Waals surface area contributed by atoms with E-state index in [1.807, 2.05) is 55.7 Å². The van der Waals surface area contributed by atoms with Gasteiger partial charge in [-0.1, -0.05) is 30.3 Å². The molecule has 0 N–H and O–H groups in total. The third kappa shape index (κ3) is 3.54. The number of nitrogens with zero attached hydrogens (tertiary/aromatic N) is 2. The lowest BCUT2D eigenvalue weighted by molar-refractivity contribution is -0.0214. The molecule has 0 radical (unpaired) electrons. The molecule has 5 heteroatoms. The van der Waals surface area contributed by atoms with E-state index in [4.69, 9.17) is 9.47 Å². The SMILES string of the molecule is CO[C@H](C)[C@@H](C)OC(=O)c1cncn1[C@H](C)c1ccccc1. The Kier molecular flexibility index (Phi) is 5.33. The van der Waals surface area contributed by atoms with Crippen LogP contribution in [0.4, 0.5) is 0 Å². The largest absolute Gasteiger partial charge is 0.455 e. The van der Waals surface area contributed by atoms with Gasteiger partial charge in [0.05, 0.1) is 24.7 Å². The fourth-order valence-corrected chi connectivity index (χ4v) is 2.18. The highest BCUT2D eigenvalue weighted by Gasteiger charge is 2.22. The molecule has 0 amide bonds. The Morgan fingerprint density at radius 2 is 1.82 bits per heavy atom. The van der Waals surface area contributed by atoms with Crippen molar-refractivity contribution in [1.29, 1.82) is 0 Å². The third-order valence-electron chi connectivity index (χ3n) is 3.90. The minimum Gasteiger partial charge on any atom is -0.455 e. The smallest absolute Gasteiger partial charge is 0.356 e. The molecule has 0 aliphatic carbocycles. The second kappa shape index (κ2) is 7.22. The van der Waals surface area contributed by atoms with Gasteiger partial charge < -0.3 is 14.0 Å². The molecule has 0 saturated carbocycles. The van der Waals surface area contributed by atoms with Gasteiger partial charge in [0.15, 0.2) is 0 Å². The number of carbonyl (C=O) groups is 1. The third-order valence-corrected chi connectivity index (χ3v) is 3.90. The molecular formula is C17H22N2O3. The van der Waals surface area contributed by atoms with Crippen molar-refractivity contribution < 1.29 is 14.3 Å². The molecule has 22 heavy (non-hydrogen) atoms. The van der Waals surface area contributed by atoms with Crippen molar-refractivity contribution in [2.75, 3.05) is 7.11 Å². The second-order valence-electron chi connectivity index (χ2n) is 5.32. The van der Waals surface area contributed by atoms with Crippen molar-refractivity contribution >= 4 is 5.97 Å². The van der Waals surface area contributed by atoms with Gasteiger partial charge in [-0.15, -0.1) is 0 Å². The fourth-order valence-electron chi connectivity index (χ4n) is 2.18. The molecule has 3 atom stereocenters. The molecule has 0 aliphatic heterocycles. The Hall–Kier alpha value is -2.14. The van der Waals surface area contributed by atoms with E-state index in [0.29, 0.717) is 5.69 Å². The van der Waals surface area contributed by atoms with Gasteiger partial charge in [0, 0.05) is 7.11 Å². The van der Waals surface area contributed by atoms with Crippen molar-refractivity contribution in [3.8, 4) is 0 Å². The number of methoxy groups -OCH3 is 1. The van der Waals surface area contributed by atoms with Crippen LogP contribution in [0.5, 0.6) is 0 Å². The van der Waals surface area contributed by atoms with Crippen LogP contribution in [0.25, 0.3) is 0 Å². The summed E-state index contributed by atoms with van der Waals surface area (Å²) in [7, 11) is 1.59. The Morgan fingerprint density at radius 3 is 2.45 bits per heavy atom. The molecule has 2 aromatic rings. The van der Waals surface area contributed by atoms with Crippen LogP contribution < -0.4 is 0 Å². The zero-order valence-corrected chi connectivity index (χ0v) is 13.4. The van der Waals surface area contributed by atoms with Gasteiger partial charge in [-0.25, -0.2) is 9.78 Å². The number of ether oxygens (including phenoxy) is 2. The number of hydrogen-bond acceptors (Lipinski definition) is 4. The number of rotatable bonds is 6. The zero-order valence-electron chi connectivity index (χ0n) is 13.4. The summed E-state index contributed by atoms with van der Waals surface area (Å²) in [5.74, 6) is -0.392. The van der Waals surface area contributed by atoms with E-state index >= 15 is 0 Å². The lowest BCUT2D eigenvalue weighted by Crippen LogP contribution is -2.28. The molecule has 0 fully saturated rings. The quantitative estimate of drug-likeness (QED) is 0.770. The van der Waals surface area contributed by atoms with Crippen LogP contribution in [0, 0.1) is 0 Å². The summed E-state index contributed by atoms with van der Waals surface area (Å²) in [5, 5.41) is 0. The summed E-state index contributed by atoms with van der Waals surface area (Å²) in [6.07, 6.45) is 2.70. The molecule has 5 nitrogen and oxygen atoms in total. The highest BCUT2D eigenvalue weighted by molar-refractivity contribution is 5.87. The number of aromatic nitrogens is 2. The van der Waals surface area contributed by atoms with E-state index in [-0.39, 0.29) is 18.2 Å². The summed E-state index contributed by atoms with van der Waals surface area (Å²) in [6.45, 7) is 5.70. The fraction of sp³-hybridized carbons (Fsp3) is 0.412. The molecule has 1 aromatic heterocycles.